The van der Waals surface area contributed by atoms with E-state index in [9.17, 15) is 14.4 Å². The third-order valence-corrected chi connectivity index (χ3v) is 4.56. The molecule has 24 heavy (non-hydrogen) atoms. The van der Waals surface area contributed by atoms with Crippen molar-refractivity contribution in [2.45, 2.75) is 25.3 Å². The molecule has 2 amide bonds. The third-order valence-electron chi connectivity index (χ3n) is 3.91. The van der Waals surface area contributed by atoms with Gasteiger partial charge in [0.15, 0.2) is 0 Å². The fourth-order valence-electron chi connectivity index (χ4n) is 2.67. The van der Waals surface area contributed by atoms with Crippen LogP contribution in [0.2, 0.25) is 0 Å². The molecular formula is C17H22N2O4S. The van der Waals surface area contributed by atoms with Crippen LogP contribution >= 0.6 is 11.8 Å². The van der Waals surface area contributed by atoms with Crippen LogP contribution in [0.25, 0.3) is 0 Å². The van der Waals surface area contributed by atoms with Crippen LogP contribution in [0.15, 0.2) is 24.3 Å². The topological polar surface area (TPSA) is 75.7 Å². The van der Waals surface area contributed by atoms with Gasteiger partial charge in [-0.1, -0.05) is 12.1 Å². The van der Waals surface area contributed by atoms with Crippen LogP contribution in [-0.4, -0.2) is 49.5 Å². The van der Waals surface area contributed by atoms with Crippen molar-refractivity contribution in [2.75, 3.05) is 30.6 Å². The molecule has 2 rings (SSSR count). The van der Waals surface area contributed by atoms with Gasteiger partial charge in [-0.3, -0.25) is 9.59 Å². The van der Waals surface area contributed by atoms with E-state index in [0.29, 0.717) is 30.6 Å². The van der Waals surface area contributed by atoms with Crippen molar-refractivity contribution in [1.82, 2.24) is 5.32 Å². The highest BCUT2D eigenvalue weighted by atomic mass is 32.2. The van der Waals surface area contributed by atoms with Crippen molar-refractivity contribution < 1.29 is 19.1 Å². The summed E-state index contributed by atoms with van der Waals surface area (Å²) in [6, 6.07) is 6.26. The van der Waals surface area contributed by atoms with E-state index in [0.717, 1.165) is 12.2 Å². The molecule has 0 unspecified atom stereocenters. The monoisotopic (exact) mass is 350 g/mol. The minimum absolute atomic E-state index is 0.0159. The van der Waals surface area contributed by atoms with Gasteiger partial charge in [0.05, 0.1) is 18.4 Å². The number of nitrogens with zero attached hydrogens (tertiary/aromatic N) is 1. The van der Waals surface area contributed by atoms with Gasteiger partial charge in [-0.25, -0.2) is 4.79 Å². The molecule has 0 radical (unpaired) electrons. The smallest absolute Gasteiger partial charge is 0.328 e. The normalized spacial score (nSPS) is 15.2. The van der Waals surface area contributed by atoms with Crippen molar-refractivity contribution >= 4 is 35.2 Å². The maximum atomic E-state index is 12.7. The van der Waals surface area contributed by atoms with E-state index in [4.69, 9.17) is 4.74 Å². The number of ether oxygens (including phenoxy) is 1. The van der Waals surface area contributed by atoms with Crippen molar-refractivity contribution in [3.63, 3.8) is 0 Å². The Kier molecular flexibility index (Phi) is 6.66. The first-order valence-electron chi connectivity index (χ1n) is 7.85. The summed E-state index contributed by atoms with van der Waals surface area (Å²) in [6.07, 6.45) is 3.70. The molecular weight excluding hydrogens is 328 g/mol. The second-order valence-corrected chi connectivity index (χ2v) is 6.48. The molecule has 1 aliphatic heterocycles. The summed E-state index contributed by atoms with van der Waals surface area (Å²) < 4.78 is 4.77. The largest absolute Gasteiger partial charge is 0.467 e. The lowest BCUT2D eigenvalue weighted by atomic mass is 10.1. The van der Waals surface area contributed by atoms with Crippen LogP contribution in [0.1, 0.15) is 29.6 Å². The van der Waals surface area contributed by atoms with E-state index in [1.807, 2.05) is 6.26 Å². The first-order valence-corrected chi connectivity index (χ1v) is 9.25. The summed E-state index contributed by atoms with van der Waals surface area (Å²) in [7, 11) is 1.30. The average molecular weight is 350 g/mol. The zero-order valence-corrected chi connectivity index (χ0v) is 14.7. The molecule has 7 heteroatoms. The number of thioether (sulfide) groups is 1. The summed E-state index contributed by atoms with van der Waals surface area (Å²) in [6.45, 7) is 0.607. The highest BCUT2D eigenvalue weighted by Gasteiger charge is 2.27. The zero-order chi connectivity index (χ0) is 17.5. The lowest BCUT2D eigenvalue weighted by molar-refractivity contribution is -0.142. The Labute approximate surface area is 145 Å². The van der Waals surface area contributed by atoms with Gasteiger partial charge in [0.25, 0.3) is 5.91 Å². The molecule has 0 aromatic heterocycles. The maximum absolute atomic E-state index is 12.7. The van der Waals surface area contributed by atoms with E-state index in [1.165, 1.54) is 7.11 Å². The second kappa shape index (κ2) is 8.73. The first-order chi connectivity index (χ1) is 11.6. The summed E-state index contributed by atoms with van der Waals surface area (Å²) in [4.78, 5) is 38.1. The van der Waals surface area contributed by atoms with Crippen LogP contribution < -0.4 is 10.2 Å². The molecule has 1 aromatic rings. The Bertz CT molecular complexity index is 620. The SMILES string of the molecule is COC(=O)[C@@H](CCSC)NC(=O)c1ccccc1N1CCCC1=O. The Morgan fingerprint density at radius 1 is 1.38 bits per heavy atom. The molecule has 0 saturated carbocycles. The van der Waals surface area contributed by atoms with Gasteiger partial charge < -0.3 is 15.0 Å². The Morgan fingerprint density at radius 3 is 2.75 bits per heavy atom. The van der Waals surface area contributed by atoms with Crippen LogP contribution in [0.4, 0.5) is 5.69 Å². The molecule has 1 aromatic carbocycles. The minimum atomic E-state index is -0.697. The van der Waals surface area contributed by atoms with E-state index in [-0.39, 0.29) is 11.8 Å². The van der Waals surface area contributed by atoms with E-state index >= 15 is 0 Å². The van der Waals surface area contributed by atoms with Crippen molar-refractivity contribution in [1.29, 1.82) is 0 Å². The summed E-state index contributed by atoms with van der Waals surface area (Å²) in [5.74, 6) is -0.0946. The fourth-order valence-corrected chi connectivity index (χ4v) is 3.14. The highest BCUT2D eigenvalue weighted by Crippen LogP contribution is 2.25. The van der Waals surface area contributed by atoms with Crippen LogP contribution in [0, 0.1) is 0 Å². The Hall–Kier alpha value is -2.02. The van der Waals surface area contributed by atoms with E-state index < -0.39 is 12.0 Å². The predicted octanol–water partition coefficient (Wildman–Crippen LogP) is 1.84. The number of carbonyl (C=O) groups excluding carboxylic acids is 3. The molecule has 1 saturated heterocycles. The molecule has 1 aliphatic rings. The summed E-state index contributed by atoms with van der Waals surface area (Å²) >= 11 is 1.59. The molecule has 6 nitrogen and oxygen atoms in total. The van der Waals surface area contributed by atoms with Crippen LogP contribution in [0.5, 0.6) is 0 Å². The molecule has 1 heterocycles. The molecule has 1 N–H and O–H groups in total. The molecule has 130 valence electrons. The molecule has 0 bridgehead atoms. The highest BCUT2D eigenvalue weighted by molar-refractivity contribution is 7.98. The number of esters is 1. The van der Waals surface area contributed by atoms with Gasteiger partial charge >= 0.3 is 5.97 Å². The van der Waals surface area contributed by atoms with Crippen molar-refractivity contribution in [2.24, 2.45) is 0 Å². The molecule has 0 aliphatic carbocycles. The number of methoxy groups -OCH3 is 1. The number of anilines is 1. The predicted molar refractivity (Wildman–Crippen MR) is 94.3 cm³/mol. The average Bonchev–Trinajstić information content (AvgIpc) is 3.03. The molecule has 1 atom stereocenters. The summed E-state index contributed by atoms with van der Waals surface area (Å²) in [5, 5.41) is 2.73. The number of hydrogen-bond donors (Lipinski definition) is 1. The van der Waals surface area contributed by atoms with Gasteiger partial charge in [0, 0.05) is 13.0 Å². The number of rotatable bonds is 7. The zero-order valence-electron chi connectivity index (χ0n) is 13.9. The van der Waals surface area contributed by atoms with E-state index in [1.54, 1.807) is 40.9 Å². The molecule has 1 fully saturated rings. The Morgan fingerprint density at radius 2 is 2.12 bits per heavy atom. The minimum Gasteiger partial charge on any atom is -0.467 e. The third kappa shape index (κ3) is 4.29. The number of hydrogen-bond acceptors (Lipinski definition) is 5. The fraction of sp³-hybridized carbons (Fsp3) is 0.471. The number of nitrogens with one attached hydrogen (secondary N) is 1. The molecule has 0 spiro atoms. The van der Waals surface area contributed by atoms with E-state index in [2.05, 4.69) is 5.32 Å². The lowest BCUT2D eigenvalue weighted by Crippen LogP contribution is -2.42. The van der Waals surface area contributed by atoms with Gasteiger partial charge in [-0.15, -0.1) is 0 Å². The Balaban J connectivity index is 2.19. The maximum Gasteiger partial charge on any atom is 0.328 e. The van der Waals surface area contributed by atoms with Gasteiger partial charge in [0.2, 0.25) is 5.91 Å². The van der Waals surface area contributed by atoms with Crippen LogP contribution in [-0.2, 0) is 14.3 Å². The van der Waals surface area contributed by atoms with Gasteiger partial charge in [0.1, 0.15) is 6.04 Å². The lowest BCUT2D eigenvalue weighted by Gasteiger charge is -2.21. The van der Waals surface area contributed by atoms with Crippen LogP contribution in [0.3, 0.4) is 0 Å². The first kappa shape index (κ1) is 18.3. The van der Waals surface area contributed by atoms with Crippen molar-refractivity contribution in [3.05, 3.63) is 29.8 Å². The number of carbonyl (C=O) groups is 3. The summed E-state index contributed by atoms with van der Waals surface area (Å²) in [5.41, 5.74) is 0.983. The quantitative estimate of drug-likeness (QED) is 0.760. The standard InChI is InChI=1S/C17H22N2O4S/c1-23-17(22)13(9-11-24-2)18-16(21)12-6-3-4-7-14(12)19-10-5-8-15(19)20/h3-4,6-7,13H,5,8-11H2,1-2H3,(H,18,21)/t13-/m1/s1. The number of para-hydroxylation sites is 1. The number of benzene rings is 1. The number of amides is 2. The second-order valence-electron chi connectivity index (χ2n) is 5.50. The van der Waals surface area contributed by atoms with Gasteiger partial charge in [-0.05, 0) is 37.0 Å². The van der Waals surface area contributed by atoms with Crippen molar-refractivity contribution in [3.8, 4) is 0 Å². The van der Waals surface area contributed by atoms with Gasteiger partial charge in [-0.2, -0.15) is 11.8 Å².